The molecule has 0 aromatic carbocycles. The molecular weight excluding hydrogens is 241 g/mol. The Hall–Kier alpha value is -0.450. The molecule has 1 aromatic rings. The molecule has 3 heteroatoms. The zero-order valence-electron chi connectivity index (χ0n) is 5.62. The van der Waals surface area contributed by atoms with Crippen LogP contribution < -0.4 is 28.5 Å². The molecule has 0 N–H and O–H groups in total. The Balaban J connectivity index is 0.000000810. The fraction of sp³-hybridized carbons (Fsp3) is 0.143. The van der Waals surface area contributed by atoms with E-state index in [9.17, 15) is 4.79 Å². The SMILES string of the molecule is CC(=O)[n+]1ccccc1.[I-]. The standard InChI is InChI=1S/C7H8NO.HI/c1-7(9)8-5-3-2-4-6-8;/h2-6H,1H3;1H/q+1;/p-1. The lowest BCUT2D eigenvalue weighted by atomic mass is 10.5. The zero-order chi connectivity index (χ0) is 6.69. The third-order valence-corrected chi connectivity index (χ3v) is 1.08. The van der Waals surface area contributed by atoms with Gasteiger partial charge in [0.05, 0.1) is 6.92 Å². The Labute approximate surface area is 76.9 Å². The number of pyridine rings is 1. The first-order valence-electron chi connectivity index (χ1n) is 2.78. The maximum absolute atomic E-state index is 10.6. The summed E-state index contributed by atoms with van der Waals surface area (Å²) in [5, 5.41) is 0. The van der Waals surface area contributed by atoms with Crippen molar-refractivity contribution in [3.8, 4) is 0 Å². The van der Waals surface area contributed by atoms with Crippen LogP contribution in [-0.2, 0) is 0 Å². The van der Waals surface area contributed by atoms with E-state index >= 15 is 0 Å². The molecule has 0 atom stereocenters. The van der Waals surface area contributed by atoms with E-state index in [1.807, 2.05) is 18.2 Å². The van der Waals surface area contributed by atoms with Gasteiger partial charge in [-0.3, -0.25) is 0 Å². The summed E-state index contributed by atoms with van der Waals surface area (Å²) in [6.45, 7) is 1.53. The van der Waals surface area contributed by atoms with E-state index in [0.29, 0.717) is 0 Å². The lowest BCUT2D eigenvalue weighted by molar-refractivity contribution is -0.572. The molecule has 0 unspecified atom stereocenters. The molecule has 0 saturated heterocycles. The van der Waals surface area contributed by atoms with E-state index in [0.717, 1.165) is 0 Å². The lowest BCUT2D eigenvalue weighted by Gasteiger charge is -1.83. The molecule has 0 aliphatic heterocycles. The van der Waals surface area contributed by atoms with Crippen LogP contribution in [0.3, 0.4) is 0 Å². The van der Waals surface area contributed by atoms with Crippen LogP contribution in [-0.4, -0.2) is 5.91 Å². The number of hydrogen-bond donors (Lipinski definition) is 0. The van der Waals surface area contributed by atoms with Crippen LogP contribution in [0.5, 0.6) is 0 Å². The highest BCUT2D eigenvalue weighted by Gasteiger charge is 2.01. The van der Waals surface area contributed by atoms with Gasteiger partial charge in [-0.1, -0.05) is 6.07 Å². The number of rotatable bonds is 0. The Morgan fingerprint density at radius 1 is 1.20 bits per heavy atom. The second-order valence-corrected chi connectivity index (χ2v) is 1.80. The third-order valence-electron chi connectivity index (χ3n) is 1.08. The summed E-state index contributed by atoms with van der Waals surface area (Å²) in [5.74, 6) is 0.0376. The average Bonchev–Trinajstić information content (AvgIpc) is 1.90. The second kappa shape index (κ2) is 4.38. The molecule has 0 aliphatic carbocycles. The fourth-order valence-electron chi connectivity index (χ4n) is 0.609. The van der Waals surface area contributed by atoms with Gasteiger partial charge in [-0.15, -0.1) is 4.57 Å². The predicted octanol–water partition coefficient (Wildman–Crippen LogP) is -2.36. The van der Waals surface area contributed by atoms with E-state index in [4.69, 9.17) is 0 Å². The predicted molar refractivity (Wildman–Crippen MR) is 32.9 cm³/mol. The topological polar surface area (TPSA) is 20.9 Å². The maximum atomic E-state index is 10.6. The van der Waals surface area contributed by atoms with Gasteiger partial charge in [-0.05, 0) is 0 Å². The van der Waals surface area contributed by atoms with E-state index in [2.05, 4.69) is 0 Å². The first kappa shape index (κ1) is 9.55. The monoisotopic (exact) mass is 249 g/mol. The number of nitrogens with zero attached hydrogens (tertiary/aromatic N) is 1. The Morgan fingerprint density at radius 2 is 1.70 bits per heavy atom. The van der Waals surface area contributed by atoms with Gasteiger partial charge in [-0.25, -0.2) is 4.79 Å². The molecule has 1 rings (SSSR count). The average molecular weight is 249 g/mol. The van der Waals surface area contributed by atoms with Crippen molar-refractivity contribution in [2.75, 3.05) is 0 Å². The molecule has 1 heterocycles. The van der Waals surface area contributed by atoms with Crippen molar-refractivity contribution in [1.82, 2.24) is 0 Å². The van der Waals surface area contributed by atoms with Gasteiger partial charge in [0.15, 0.2) is 12.4 Å². The quantitative estimate of drug-likeness (QED) is 0.372. The molecule has 0 spiro atoms. The second-order valence-electron chi connectivity index (χ2n) is 1.80. The van der Waals surface area contributed by atoms with E-state index < -0.39 is 0 Å². The van der Waals surface area contributed by atoms with Crippen LogP contribution >= 0.6 is 0 Å². The summed E-state index contributed by atoms with van der Waals surface area (Å²) in [5.41, 5.74) is 0. The van der Waals surface area contributed by atoms with Crippen LogP contribution in [0.2, 0.25) is 0 Å². The summed E-state index contributed by atoms with van der Waals surface area (Å²) in [6, 6.07) is 5.52. The van der Waals surface area contributed by atoms with Crippen molar-refractivity contribution in [3.05, 3.63) is 30.6 Å². The number of carbonyl (C=O) groups is 1. The van der Waals surface area contributed by atoms with Gasteiger partial charge in [0, 0.05) is 12.1 Å². The van der Waals surface area contributed by atoms with Crippen molar-refractivity contribution in [1.29, 1.82) is 0 Å². The smallest absolute Gasteiger partial charge is 0.389 e. The minimum atomic E-state index is 0. The molecule has 0 fully saturated rings. The minimum Gasteiger partial charge on any atom is -1.00 e. The highest BCUT2D eigenvalue weighted by Crippen LogP contribution is 1.75. The number of aromatic nitrogens is 1. The lowest BCUT2D eigenvalue weighted by Crippen LogP contribution is -3.00. The van der Waals surface area contributed by atoms with Gasteiger partial charge < -0.3 is 24.0 Å². The van der Waals surface area contributed by atoms with Crippen molar-refractivity contribution >= 4 is 5.91 Å². The minimum absolute atomic E-state index is 0. The number of carbonyl (C=O) groups excluding carboxylic acids is 1. The molecule has 0 saturated carbocycles. The number of halogens is 1. The summed E-state index contributed by atoms with van der Waals surface area (Å²) in [7, 11) is 0. The zero-order valence-corrected chi connectivity index (χ0v) is 7.78. The van der Waals surface area contributed by atoms with Crippen molar-refractivity contribution in [3.63, 3.8) is 0 Å². The highest BCUT2D eigenvalue weighted by molar-refractivity contribution is 5.62. The summed E-state index contributed by atoms with van der Waals surface area (Å²) in [4.78, 5) is 10.6. The van der Waals surface area contributed by atoms with Crippen molar-refractivity contribution < 1.29 is 33.3 Å². The van der Waals surface area contributed by atoms with Gasteiger partial charge in [-0.2, -0.15) is 0 Å². The van der Waals surface area contributed by atoms with Crippen LogP contribution in [0.25, 0.3) is 0 Å². The summed E-state index contributed by atoms with van der Waals surface area (Å²) >= 11 is 0. The number of hydrogen-bond acceptors (Lipinski definition) is 1. The first-order chi connectivity index (χ1) is 4.30. The van der Waals surface area contributed by atoms with E-state index in [1.165, 1.54) is 11.5 Å². The third kappa shape index (κ3) is 2.43. The van der Waals surface area contributed by atoms with Crippen molar-refractivity contribution in [2.24, 2.45) is 0 Å². The molecule has 2 nitrogen and oxygen atoms in total. The van der Waals surface area contributed by atoms with Crippen molar-refractivity contribution in [2.45, 2.75) is 6.92 Å². The molecule has 54 valence electrons. The molecule has 0 aliphatic rings. The Bertz CT molecular complexity index is 210. The van der Waals surface area contributed by atoms with E-state index in [1.54, 1.807) is 12.4 Å². The maximum Gasteiger partial charge on any atom is 0.389 e. The van der Waals surface area contributed by atoms with Gasteiger partial charge in [0.25, 0.3) is 0 Å². The van der Waals surface area contributed by atoms with Crippen LogP contribution in [0, 0.1) is 0 Å². The highest BCUT2D eigenvalue weighted by atomic mass is 127. The molecule has 1 aromatic heterocycles. The molecule has 0 radical (unpaired) electrons. The molecular formula is C7H8INO. The van der Waals surface area contributed by atoms with Crippen LogP contribution in [0.4, 0.5) is 0 Å². The first-order valence-corrected chi connectivity index (χ1v) is 2.78. The van der Waals surface area contributed by atoms with Gasteiger partial charge in [0.1, 0.15) is 0 Å². The van der Waals surface area contributed by atoms with Gasteiger partial charge in [0.2, 0.25) is 0 Å². The summed E-state index contributed by atoms with van der Waals surface area (Å²) in [6.07, 6.45) is 3.45. The Kier molecular flexibility index (Phi) is 4.18. The van der Waals surface area contributed by atoms with E-state index in [-0.39, 0.29) is 29.9 Å². The normalized spacial score (nSPS) is 8.10. The van der Waals surface area contributed by atoms with Crippen LogP contribution in [0.1, 0.15) is 11.7 Å². The van der Waals surface area contributed by atoms with Crippen LogP contribution in [0.15, 0.2) is 30.6 Å². The summed E-state index contributed by atoms with van der Waals surface area (Å²) < 4.78 is 1.53. The molecule has 0 amide bonds. The Morgan fingerprint density at radius 3 is 2.00 bits per heavy atom. The molecule has 0 bridgehead atoms. The largest absolute Gasteiger partial charge is 1.00 e. The van der Waals surface area contributed by atoms with Gasteiger partial charge >= 0.3 is 5.91 Å². The fourth-order valence-corrected chi connectivity index (χ4v) is 0.609. The molecule has 10 heavy (non-hydrogen) atoms.